The van der Waals surface area contributed by atoms with Crippen molar-refractivity contribution in [2.45, 2.75) is 6.42 Å². The first kappa shape index (κ1) is 19.6. The maximum absolute atomic E-state index is 6.02. The standard InChI is InChI=1S/C18H20Cl2N2O2S/c1-22(18(25)21-13-5-6-14(19)15(20)11-13)9-8-12-4-7-16(23-2)17(10-12)24-3/h4-7,10-11H,8-9H2,1-3H3,(H,21,25). The van der Waals surface area contributed by atoms with Crippen molar-refractivity contribution in [2.24, 2.45) is 0 Å². The number of hydrogen-bond acceptors (Lipinski definition) is 3. The minimum atomic E-state index is 0.488. The normalized spacial score (nSPS) is 10.3. The van der Waals surface area contributed by atoms with Crippen LogP contribution in [0.3, 0.4) is 0 Å². The molecular formula is C18H20Cl2N2O2S. The second-order valence-corrected chi connectivity index (χ2v) is 6.62. The average molecular weight is 399 g/mol. The highest BCUT2D eigenvalue weighted by Gasteiger charge is 2.09. The van der Waals surface area contributed by atoms with Crippen molar-refractivity contribution in [1.29, 1.82) is 0 Å². The maximum atomic E-state index is 6.02. The number of hydrogen-bond donors (Lipinski definition) is 1. The predicted octanol–water partition coefficient (Wildman–Crippen LogP) is 4.88. The summed E-state index contributed by atoms with van der Waals surface area (Å²) in [5, 5.41) is 4.77. The number of anilines is 1. The Labute approximate surface area is 163 Å². The number of likely N-dealkylation sites (N-methyl/N-ethyl adjacent to an activating group) is 1. The number of rotatable bonds is 6. The van der Waals surface area contributed by atoms with Gasteiger partial charge in [0, 0.05) is 19.3 Å². The lowest BCUT2D eigenvalue weighted by molar-refractivity contribution is 0.354. The van der Waals surface area contributed by atoms with Crippen LogP contribution in [0.2, 0.25) is 10.0 Å². The molecule has 2 rings (SSSR count). The van der Waals surface area contributed by atoms with Crippen LogP contribution in [0.5, 0.6) is 11.5 Å². The Morgan fingerprint density at radius 3 is 2.40 bits per heavy atom. The number of halogens is 2. The lowest BCUT2D eigenvalue weighted by Crippen LogP contribution is -2.32. The Balaban J connectivity index is 1.93. The van der Waals surface area contributed by atoms with Crippen LogP contribution in [-0.2, 0) is 6.42 Å². The molecule has 0 spiro atoms. The molecule has 0 radical (unpaired) electrons. The van der Waals surface area contributed by atoms with Crippen LogP contribution in [0, 0.1) is 0 Å². The van der Waals surface area contributed by atoms with Crippen LogP contribution in [0.4, 0.5) is 5.69 Å². The molecule has 0 atom stereocenters. The van der Waals surface area contributed by atoms with Crippen LogP contribution in [-0.4, -0.2) is 37.8 Å². The van der Waals surface area contributed by atoms with Gasteiger partial charge in [0.15, 0.2) is 16.6 Å². The third-order valence-electron chi connectivity index (χ3n) is 3.70. The fraction of sp³-hybridized carbons (Fsp3) is 0.278. The number of ether oxygens (including phenoxy) is 2. The van der Waals surface area contributed by atoms with Crippen molar-refractivity contribution in [3.63, 3.8) is 0 Å². The summed E-state index contributed by atoms with van der Waals surface area (Å²) in [4.78, 5) is 1.97. The zero-order valence-electron chi connectivity index (χ0n) is 14.3. The lowest BCUT2D eigenvalue weighted by Gasteiger charge is -2.21. The molecule has 0 aliphatic rings. The lowest BCUT2D eigenvalue weighted by atomic mass is 10.1. The number of benzene rings is 2. The molecular weight excluding hydrogens is 379 g/mol. The molecule has 25 heavy (non-hydrogen) atoms. The van der Waals surface area contributed by atoms with Gasteiger partial charge in [-0.15, -0.1) is 0 Å². The van der Waals surface area contributed by atoms with Crippen molar-refractivity contribution in [3.8, 4) is 11.5 Å². The molecule has 2 aromatic carbocycles. The largest absolute Gasteiger partial charge is 0.493 e. The molecule has 0 bridgehead atoms. The average Bonchev–Trinajstić information content (AvgIpc) is 2.62. The van der Waals surface area contributed by atoms with Gasteiger partial charge in [-0.1, -0.05) is 29.3 Å². The van der Waals surface area contributed by atoms with Crippen molar-refractivity contribution in [2.75, 3.05) is 33.1 Å². The van der Waals surface area contributed by atoms with Gasteiger partial charge in [0.25, 0.3) is 0 Å². The Morgan fingerprint density at radius 2 is 1.76 bits per heavy atom. The minimum Gasteiger partial charge on any atom is -0.493 e. The van der Waals surface area contributed by atoms with Gasteiger partial charge in [0.2, 0.25) is 0 Å². The second kappa shape index (κ2) is 9.13. The van der Waals surface area contributed by atoms with Crippen molar-refractivity contribution < 1.29 is 9.47 Å². The zero-order chi connectivity index (χ0) is 18.4. The molecule has 1 N–H and O–H groups in total. The Bertz CT molecular complexity index is 756. The van der Waals surface area contributed by atoms with Crippen LogP contribution in [0.15, 0.2) is 36.4 Å². The van der Waals surface area contributed by atoms with Gasteiger partial charge in [0.1, 0.15) is 0 Å². The van der Waals surface area contributed by atoms with E-state index in [1.54, 1.807) is 26.4 Å². The van der Waals surface area contributed by atoms with Gasteiger partial charge < -0.3 is 19.7 Å². The molecule has 134 valence electrons. The summed E-state index contributed by atoms with van der Waals surface area (Å²) in [5.41, 5.74) is 1.94. The molecule has 0 heterocycles. The second-order valence-electron chi connectivity index (χ2n) is 5.42. The van der Waals surface area contributed by atoms with E-state index in [0.717, 1.165) is 35.7 Å². The number of nitrogens with one attached hydrogen (secondary N) is 1. The van der Waals surface area contributed by atoms with E-state index >= 15 is 0 Å². The molecule has 0 fully saturated rings. The van der Waals surface area contributed by atoms with Gasteiger partial charge in [-0.3, -0.25) is 0 Å². The van der Waals surface area contributed by atoms with Crippen LogP contribution in [0.1, 0.15) is 5.56 Å². The van der Waals surface area contributed by atoms with Gasteiger partial charge in [0.05, 0.1) is 24.3 Å². The minimum absolute atomic E-state index is 0.488. The summed E-state index contributed by atoms with van der Waals surface area (Å²) in [6.07, 6.45) is 0.819. The van der Waals surface area contributed by atoms with E-state index in [1.807, 2.05) is 36.2 Å². The highest BCUT2D eigenvalue weighted by atomic mass is 35.5. The van der Waals surface area contributed by atoms with E-state index in [4.69, 9.17) is 44.9 Å². The van der Waals surface area contributed by atoms with Crippen LogP contribution in [0.25, 0.3) is 0 Å². The molecule has 0 saturated heterocycles. The summed E-state index contributed by atoms with van der Waals surface area (Å²) < 4.78 is 10.6. The molecule has 0 aliphatic carbocycles. The Morgan fingerprint density at radius 1 is 1.04 bits per heavy atom. The van der Waals surface area contributed by atoms with Gasteiger partial charge >= 0.3 is 0 Å². The first-order valence-electron chi connectivity index (χ1n) is 7.62. The van der Waals surface area contributed by atoms with Crippen molar-refractivity contribution in [3.05, 3.63) is 52.0 Å². The molecule has 0 unspecified atom stereocenters. The van der Waals surface area contributed by atoms with E-state index in [-0.39, 0.29) is 0 Å². The first-order chi connectivity index (χ1) is 11.9. The van der Waals surface area contributed by atoms with E-state index in [9.17, 15) is 0 Å². The highest BCUT2D eigenvalue weighted by Crippen LogP contribution is 2.28. The third-order valence-corrected chi connectivity index (χ3v) is 4.85. The number of thiocarbonyl (C=S) groups is 1. The van der Waals surface area contributed by atoms with Crippen molar-refractivity contribution >= 4 is 46.2 Å². The van der Waals surface area contributed by atoms with Gasteiger partial charge in [-0.25, -0.2) is 0 Å². The maximum Gasteiger partial charge on any atom is 0.173 e. The molecule has 0 amide bonds. The molecule has 7 heteroatoms. The fourth-order valence-electron chi connectivity index (χ4n) is 2.23. The molecule has 0 aromatic heterocycles. The van der Waals surface area contributed by atoms with E-state index < -0.39 is 0 Å². The quantitative estimate of drug-likeness (QED) is 0.701. The van der Waals surface area contributed by atoms with E-state index in [1.165, 1.54) is 0 Å². The van der Waals surface area contributed by atoms with Crippen LogP contribution < -0.4 is 14.8 Å². The van der Waals surface area contributed by atoms with E-state index in [0.29, 0.717) is 15.2 Å². The van der Waals surface area contributed by atoms with Crippen LogP contribution >= 0.6 is 35.4 Å². The van der Waals surface area contributed by atoms with E-state index in [2.05, 4.69) is 5.32 Å². The number of methoxy groups -OCH3 is 2. The third kappa shape index (κ3) is 5.39. The predicted molar refractivity (Wildman–Crippen MR) is 109 cm³/mol. The smallest absolute Gasteiger partial charge is 0.173 e. The van der Waals surface area contributed by atoms with Gasteiger partial charge in [-0.05, 0) is 54.5 Å². The summed E-state index contributed by atoms with van der Waals surface area (Å²) in [5.74, 6) is 1.44. The Kier molecular flexibility index (Phi) is 7.17. The fourth-order valence-corrected chi connectivity index (χ4v) is 2.73. The summed E-state index contributed by atoms with van der Waals surface area (Å²) in [7, 11) is 5.19. The summed E-state index contributed by atoms with van der Waals surface area (Å²) in [6, 6.07) is 11.2. The molecule has 0 saturated carbocycles. The summed E-state index contributed by atoms with van der Waals surface area (Å²) >= 11 is 17.4. The molecule has 0 aliphatic heterocycles. The summed E-state index contributed by atoms with van der Waals surface area (Å²) in [6.45, 7) is 0.753. The SMILES string of the molecule is COc1ccc(CCN(C)C(=S)Nc2ccc(Cl)c(Cl)c2)cc1OC. The highest BCUT2D eigenvalue weighted by molar-refractivity contribution is 7.80. The molecule has 4 nitrogen and oxygen atoms in total. The topological polar surface area (TPSA) is 33.7 Å². The zero-order valence-corrected chi connectivity index (χ0v) is 16.6. The Hall–Kier alpha value is -1.69. The monoisotopic (exact) mass is 398 g/mol. The van der Waals surface area contributed by atoms with Gasteiger partial charge in [-0.2, -0.15) is 0 Å². The molecule has 2 aromatic rings. The first-order valence-corrected chi connectivity index (χ1v) is 8.79. The van der Waals surface area contributed by atoms with Crippen molar-refractivity contribution in [1.82, 2.24) is 4.90 Å². The number of nitrogens with zero attached hydrogens (tertiary/aromatic N) is 1.